The molecule has 0 amide bonds. The Morgan fingerprint density at radius 1 is 1.09 bits per heavy atom. The molecule has 1 N–H and O–H groups in total. The van der Waals surface area contributed by atoms with Crippen molar-refractivity contribution in [3.63, 3.8) is 0 Å². The van der Waals surface area contributed by atoms with Gasteiger partial charge in [-0.15, -0.1) is 11.8 Å². The molecule has 4 aromatic rings. The van der Waals surface area contributed by atoms with Gasteiger partial charge in [-0.2, -0.15) is 9.78 Å². The molecule has 3 heterocycles. The number of thioether (sulfide) groups is 1. The monoisotopic (exact) mass is 498 g/mol. The number of carboxylic acid groups (broad SMARTS) is 1. The van der Waals surface area contributed by atoms with Crippen LogP contribution in [-0.2, 0) is 0 Å². The number of aromatic carboxylic acids is 1. The minimum absolute atomic E-state index is 0.0880. The highest BCUT2D eigenvalue weighted by Gasteiger charge is 2.27. The molecule has 0 saturated heterocycles. The largest absolute Gasteiger partial charge is 0.476 e. The van der Waals surface area contributed by atoms with Crippen LogP contribution in [0.3, 0.4) is 0 Å². The van der Waals surface area contributed by atoms with Crippen molar-refractivity contribution in [1.29, 1.82) is 0 Å². The number of benzene rings is 1. The van der Waals surface area contributed by atoms with Crippen LogP contribution >= 0.6 is 34.7 Å². The molecular weight excluding hydrogens is 476 g/mol. The summed E-state index contributed by atoms with van der Waals surface area (Å²) in [6.07, 6.45) is 0. The molecule has 0 fully saturated rings. The van der Waals surface area contributed by atoms with Crippen molar-refractivity contribution in [3.05, 3.63) is 64.2 Å². The summed E-state index contributed by atoms with van der Waals surface area (Å²) in [6.45, 7) is 9.82. The van der Waals surface area contributed by atoms with Gasteiger partial charge in [-0.3, -0.25) is 4.98 Å². The van der Waals surface area contributed by atoms with Crippen molar-refractivity contribution < 1.29 is 9.90 Å². The van der Waals surface area contributed by atoms with Gasteiger partial charge in [-0.1, -0.05) is 48.9 Å². The summed E-state index contributed by atoms with van der Waals surface area (Å²) in [5.74, 6) is -1.06. The molecule has 1 aromatic carbocycles. The molecule has 0 spiro atoms. The summed E-state index contributed by atoms with van der Waals surface area (Å²) in [6, 6.07) is 11.3. The number of hydrogen-bond acceptors (Lipinski definition) is 6. The van der Waals surface area contributed by atoms with Crippen LogP contribution in [0, 0.1) is 20.8 Å². The van der Waals surface area contributed by atoms with Crippen molar-refractivity contribution in [2.75, 3.05) is 0 Å². The zero-order chi connectivity index (χ0) is 23.9. The molecule has 0 unspecified atom stereocenters. The lowest BCUT2D eigenvalue weighted by molar-refractivity contribution is 0.0688. The van der Waals surface area contributed by atoms with E-state index in [1.54, 1.807) is 11.8 Å². The first-order valence-electron chi connectivity index (χ1n) is 10.4. The van der Waals surface area contributed by atoms with Crippen molar-refractivity contribution in [1.82, 2.24) is 19.7 Å². The van der Waals surface area contributed by atoms with Crippen molar-refractivity contribution >= 4 is 40.7 Å². The molecule has 33 heavy (non-hydrogen) atoms. The van der Waals surface area contributed by atoms with Crippen LogP contribution in [0.4, 0.5) is 0 Å². The first-order chi connectivity index (χ1) is 15.6. The number of hydrogen-bond donors (Lipinski definition) is 1. The molecule has 170 valence electrons. The quantitative estimate of drug-likeness (QED) is 0.293. The predicted octanol–water partition coefficient (Wildman–Crippen LogP) is 6.84. The number of thiazole rings is 1. The first-order valence-corrected chi connectivity index (χ1v) is 12.4. The number of carboxylic acids is 1. The van der Waals surface area contributed by atoms with Crippen LogP contribution in [0.25, 0.3) is 27.5 Å². The maximum absolute atomic E-state index is 12.4. The number of halogens is 1. The topological polar surface area (TPSA) is 80.9 Å². The van der Waals surface area contributed by atoms with Gasteiger partial charge >= 0.3 is 5.97 Å². The Balaban J connectivity index is 1.93. The Labute approximate surface area is 205 Å². The van der Waals surface area contributed by atoms with Gasteiger partial charge in [0, 0.05) is 32.8 Å². The minimum Gasteiger partial charge on any atom is -0.476 e. The van der Waals surface area contributed by atoms with E-state index in [0.29, 0.717) is 26.7 Å². The summed E-state index contributed by atoms with van der Waals surface area (Å²) in [5, 5.41) is 16.2. The van der Waals surface area contributed by atoms with Crippen LogP contribution < -0.4 is 0 Å². The Bertz CT molecular complexity index is 1340. The molecule has 0 atom stereocenters. The van der Waals surface area contributed by atoms with E-state index in [2.05, 4.69) is 23.9 Å². The maximum Gasteiger partial charge on any atom is 0.355 e. The van der Waals surface area contributed by atoms with Crippen molar-refractivity contribution in [2.24, 2.45) is 0 Å². The second-order valence-corrected chi connectivity index (χ2v) is 11.2. The van der Waals surface area contributed by atoms with E-state index in [4.69, 9.17) is 16.6 Å². The highest BCUT2D eigenvalue weighted by Crippen LogP contribution is 2.41. The van der Waals surface area contributed by atoms with E-state index in [0.717, 1.165) is 32.4 Å². The maximum atomic E-state index is 12.4. The third-order valence-corrected chi connectivity index (χ3v) is 7.32. The molecule has 0 radical (unpaired) electrons. The van der Waals surface area contributed by atoms with Gasteiger partial charge in [-0.25, -0.2) is 9.78 Å². The normalized spacial score (nSPS) is 11.4. The summed E-state index contributed by atoms with van der Waals surface area (Å²) >= 11 is 9.34. The van der Waals surface area contributed by atoms with E-state index >= 15 is 0 Å². The number of rotatable bonds is 6. The number of aromatic nitrogens is 4. The van der Waals surface area contributed by atoms with Gasteiger partial charge in [0.25, 0.3) is 0 Å². The lowest BCUT2D eigenvalue weighted by Crippen LogP contribution is -2.09. The second-order valence-electron chi connectivity index (χ2n) is 7.97. The van der Waals surface area contributed by atoms with E-state index in [1.807, 2.05) is 57.2 Å². The summed E-state index contributed by atoms with van der Waals surface area (Å²) in [4.78, 5) is 21.7. The van der Waals surface area contributed by atoms with E-state index in [1.165, 1.54) is 16.0 Å². The van der Waals surface area contributed by atoms with Crippen LogP contribution in [0.15, 0.2) is 40.6 Å². The molecule has 0 aliphatic heterocycles. The zero-order valence-corrected chi connectivity index (χ0v) is 21.3. The van der Waals surface area contributed by atoms with E-state index < -0.39 is 5.97 Å². The molecular formula is C24H23ClN4O2S2. The molecule has 6 nitrogen and oxygen atoms in total. The van der Waals surface area contributed by atoms with Crippen LogP contribution in [0.2, 0.25) is 5.02 Å². The van der Waals surface area contributed by atoms with Crippen molar-refractivity contribution in [2.45, 2.75) is 44.1 Å². The second kappa shape index (κ2) is 9.29. The Kier molecular flexibility index (Phi) is 6.61. The number of pyridine rings is 1. The van der Waals surface area contributed by atoms with Gasteiger partial charge in [0.15, 0.2) is 5.69 Å². The molecule has 0 aliphatic rings. The highest BCUT2D eigenvalue weighted by atomic mass is 35.5. The Hall–Kier alpha value is -2.68. The third-order valence-electron chi connectivity index (χ3n) is 4.84. The van der Waals surface area contributed by atoms with Gasteiger partial charge in [-0.05, 0) is 50.6 Å². The van der Waals surface area contributed by atoms with E-state index in [-0.39, 0.29) is 5.69 Å². The number of aryl methyl sites for hydroxylation is 3. The summed E-state index contributed by atoms with van der Waals surface area (Å²) in [7, 11) is 0. The zero-order valence-electron chi connectivity index (χ0n) is 18.9. The minimum atomic E-state index is -1.06. The Morgan fingerprint density at radius 2 is 1.79 bits per heavy atom. The predicted molar refractivity (Wildman–Crippen MR) is 135 cm³/mol. The summed E-state index contributed by atoms with van der Waals surface area (Å²) < 4.78 is 2.44. The third kappa shape index (κ3) is 4.83. The average molecular weight is 499 g/mol. The molecule has 0 saturated carbocycles. The fourth-order valence-corrected chi connectivity index (χ4v) is 6.35. The first kappa shape index (κ1) is 23.5. The van der Waals surface area contributed by atoms with Crippen LogP contribution in [0.1, 0.15) is 41.4 Å². The fraction of sp³-hybridized carbons (Fsp3) is 0.250. The van der Waals surface area contributed by atoms with Gasteiger partial charge in [0.2, 0.25) is 5.13 Å². The smallest absolute Gasteiger partial charge is 0.355 e. The van der Waals surface area contributed by atoms with Crippen LogP contribution in [-0.4, -0.2) is 36.1 Å². The van der Waals surface area contributed by atoms with Gasteiger partial charge < -0.3 is 5.11 Å². The van der Waals surface area contributed by atoms with E-state index in [9.17, 15) is 9.90 Å². The lowest BCUT2D eigenvalue weighted by atomic mass is 10.0. The van der Waals surface area contributed by atoms with Gasteiger partial charge in [0.05, 0.1) is 15.6 Å². The molecule has 4 rings (SSSR count). The lowest BCUT2D eigenvalue weighted by Gasteiger charge is -2.06. The summed E-state index contributed by atoms with van der Waals surface area (Å²) in [5.41, 5.74) is 5.37. The SMILES string of the molecule is Cc1cc(-c2c(C)nn(-c3nc(-c4cccc(Cl)c4)c(SC(C)C)s3)c2C(=O)O)cc(C)n1. The number of carbonyl (C=O) groups is 1. The number of nitrogens with zero attached hydrogens (tertiary/aromatic N) is 4. The Morgan fingerprint density at radius 3 is 2.39 bits per heavy atom. The highest BCUT2D eigenvalue weighted by molar-refractivity contribution is 8.01. The van der Waals surface area contributed by atoms with Gasteiger partial charge in [0.1, 0.15) is 0 Å². The fourth-order valence-electron chi connectivity index (χ4n) is 3.69. The average Bonchev–Trinajstić information content (AvgIpc) is 3.27. The molecule has 9 heteroatoms. The standard InChI is InChI=1S/C24H23ClN4O2S2/c1-12(2)32-23-20(16-7-6-8-18(25)11-16)27-24(33-23)29-21(22(30)31)19(15(5)28-29)17-9-13(3)26-14(4)10-17/h6-12H,1-5H3,(H,30,31). The molecule has 3 aromatic heterocycles. The molecule has 0 bridgehead atoms. The van der Waals surface area contributed by atoms with Crippen molar-refractivity contribution in [3.8, 4) is 27.5 Å². The van der Waals surface area contributed by atoms with Crippen LogP contribution in [0.5, 0.6) is 0 Å². The molecule has 0 aliphatic carbocycles.